The molecule has 31 heavy (non-hydrogen) atoms. The van der Waals surface area contributed by atoms with Crippen LogP contribution in [0.2, 0.25) is 5.02 Å². The molecule has 2 aromatic heterocycles. The summed E-state index contributed by atoms with van der Waals surface area (Å²) < 4.78 is 38.9. The van der Waals surface area contributed by atoms with Gasteiger partial charge in [-0.05, 0) is 36.8 Å². The fraction of sp³-hybridized carbons (Fsp3) is 0.100. The summed E-state index contributed by atoms with van der Waals surface area (Å²) in [6, 6.07) is 8.41. The van der Waals surface area contributed by atoms with E-state index in [9.17, 15) is 18.0 Å². The fourth-order valence-corrected chi connectivity index (χ4v) is 3.13. The van der Waals surface area contributed by atoms with E-state index in [4.69, 9.17) is 17.3 Å². The van der Waals surface area contributed by atoms with Gasteiger partial charge in [-0.15, -0.1) is 0 Å². The average Bonchev–Trinajstić information content (AvgIpc) is 3.14. The van der Waals surface area contributed by atoms with Crippen molar-refractivity contribution < 1.29 is 18.0 Å². The summed E-state index contributed by atoms with van der Waals surface area (Å²) in [6.45, 7) is 1.78. The number of aromatic nitrogens is 4. The predicted molar refractivity (Wildman–Crippen MR) is 111 cm³/mol. The average molecular weight is 447 g/mol. The number of fused-ring (bicyclic) bond motifs is 1. The lowest BCUT2D eigenvalue weighted by Crippen LogP contribution is -2.16. The third-order valence-corrected chi connectivity index (χ3v) is 4.97. The van der Waals surface area contributed by atoms with Gasteiger partial charge in [0.1, 0.15) is 23.0 Å². The van der Waals surface area contributed by atoms with Gasteiger partial charge >= 0.3 is 6.18 Å². The Bertz CT molecular complexity index is 1320. The molecule has 0 fully saturated rings. The van der Waals surface area contributed by atoms with Gasteiger partial charge < -0.3 is 16.0 Å². The molecule has 0 bridgehead atoms. The second-order valence-electron chi connectivity index (χ2n) is 6.72. The summed E-state index contributed by atoms with van der Waals surface area (Å²) in [6.07, 6.45) is -3.32. The molecule has 0 spiro atoms. The lowest BCUT2D eigenvalue weighted by Gasteiger charge is -2.10. The second-order valence-corrected chi connectivity index (χ2v) is 7.10. The number of hydrogen-bond donors (Lipinski definition) is 3. The van der Waals surface area contributed by atoms with E-state index in [2.05, 4.69) is 25.3 Å². The van der Waals surface area contributed by atoms with Gasteiger partial charge in [-0.25, -0.2) is 15.0 Å². The molecule has 0 unspecified atom stereocenters. The highest BCUT2D eigenvalue weighted by molar-refractivity contribution is 6.36. The van der Waals surface area contributed by atoms with Crippen LogP contribution in [0.25, 0.3) is 22.4 Å². The highest BCUT2D eigenvalue weighted by atomic mass is 35.5. The molecule has 0 saturated heterocycles. The van der Waals surface area contributed by atoms with Crippen LogP contribution in [-0.4, -0.2) is 25.8 Å². The van der Waals surface area contributed by atoms with E-state index >= 15 is 0 Å². The van der Waals surface area contributed by atoms with E-state index in [1.807, 2.05) is 0 Å². The number of alkyl halides is 3. The van der Waals surface area contributed by atoms with Gasteiger partial charge in [-0.1, -0.05) is 23.7 Å². The summed E-state index contributed by atoms with van der Waals surface area (Å²) in [5.74, 6) is -0.249. The largest absolute Gasteiger partial charge is 0.416 e. The molecule has 7 nitrogen and oxygen atoms in total. The zero-order valence-electron chi connectivity index (χ0n) is 15.9. The van der Waals surface area contributed by atoms with E-state index in [1.54, 1.807) is 25.1 Å². The van der Waals surface area contributed by atoms with Crippen LogP contribution in [-0.2, 0) is 6.18 Å². The molecule has 0 saturated carbocycles. The topological polar surface area (TPSA) is 110 Å². The number of nitrogen functional groups attached to an aromatic ring is 1. The minimum atomic E-state index is -4.45. The van der Waals surface area contributed by atoms with Crippen LogP contribution in [0.3, 0.4) is 0 Å². The molecule has 4 aromatic rings. The Hall–Kier alpha value is -3.66. The molecule has 11 heteroatoms. The zero-order chi connectivity index (χ0) is 22.3. The number of anilines is 2. The summed E-state index contributed by atoms with van der Waals surface area (Å²) in [5.41, 5.74) is 7.16. The van der Waals surface area contributed by atoms with E-state index in [-0.39, 0.29) is 22.1 Å². The molecule has 158 valence electrons. The lowest BCUT2D eigenvalue weighted by molar-refractivity contribution is -0.137. The lowest BCUT2D eigenvalue weighted by atomic mass is 10.1. The zero-order valence-corrected chi connectivity index (χ0v) is 16.6. The van der Waals surface area contributed by atoms with Crippen molar-refractivity contribution in [2.24, 2.45) is 0 Å². The summed E-state index contributed by atoms with van der Waals surface area (Å²) >= 11 is 6.01. The number of nitrogens with zero attached hydrogens (tertiary/aromatic N) is 3. The monoisotopic (exact) mass is 446 g/mol. The number of carbonyl (C=O) groups is 1. The van der Waals surface area contributed by atoms with Gasteiger partial charge in [0.2, 0.25) is 0 Å². The molecule has 0 radical (unpaired) electrons. The molecule has 0 atom stereocenters. The van der Waals surface area contributed by atoms with Crippen LogP contribution < -0.4 is 11.1 Å². The first-order chi connectivity index (χ1) is 14.6. The molecule has 4 rings (SSSR count). The fourth-order valence-electron chi connectivity index (χ4n) is 2.95. The number of carbonyl (C=O) groups excluding carboxylic acids is 1. The summed E-state index contributed by atoms with van der Waals surface area (Å²) in [7, 11) is 0. The number of hydrogen-bond acceptors (Lipinski definition) is 5. The molecule has 1 amide bonds. The van der Waals surface area contributed by atoms with Crippen LogP contribution in [0, 0.1) is 6.92 Å². The summed E-state index contributed by atoms with van der Waals surface area (Å²) in [4.78, 5) is 27.4. The van der Waals surface area contributed by atoms with Crippen molar-refractivity contribution in [1.29, 1.82) is 0 Å². The molecular weight excluding hydrogens is 433 g/mol. The standard InChI is InChI=1S/C20H14ClF3N6O/c1-9-2-3-10(6-13(9)30-19(31)16-15(21)17(25)27-8-26-16)18-28-12-5-4-11(20(22,23)24)7-14(12)29-18/h2-8H,1H3,(H,28,29)(H,30,31)(H2,25,26,27). The van der Waals surface area contributed by atoms with Crippen molar-refractivity contribution in [3.05, 3.63) is 64.6 Å². The van der Waals surface area contributed by atoms with Crippen LogP contribution in [0.15, 0.2) is 42.7 Å². The third kappa shape index (κ3) is 4.02. The Morgan fingerprint density at radius 1 is 1.16 bits per heavy atom. The molecular formula is C20H14ClF3N6O. The Labute approximate surface area is 178 Å². The highest BCUT2D eigenvalue weighted by Gasteiger charge is 2.30. The molecule has 2 heterocycles. The number of rotatable bonds is 3. The third-order valence-electron chi connectivity index (χ3n) is 4.60. The first-order valence-electron chi connectivity index (χ1n) is 8.89. The number of imidazole rings is 1. The van der Waals surface area contributed by atoms with Crippen LogP contribution in [0.1, 0.15) is 21.6 Å². The van der Waals surface area contributed by atoms with Crippen LogP contribution in [0.5, 0.6) is 0 Å². The number of aryl methyl sites for hydroxylation is 1. The highest BCUT2D eigenvalue weighted by Crippen LogP contribution is 2.32. The summed E-state index contributed by atoms with van der Waals surface area (Å²) in [5, 5.41) is 2.64. The van der Waals surface area contributed by atoms with Gasteiger partial charge in [0, 0.05) is 11.3 Å². The van der Waals surface area contributed by atoms with Crippen molar-refractivity contribution >= 4 is 40.0 Å². The maximum atomic E-state index is 13.0. The number of benzene rings is 2. The van der Waals surface area contributed by atoms with Crippen molar-refractivity contribution in [2.75, 3.05) is 11.1 Å². The van der Waals surface area contributed by atoms with E-state index in [0.717, 1.165) is 24.0 Å². The predicted octanol–water partition coefficient (Wildman–Crippen LogP) is 4.84. The van der Waals surface area contributed by atoms with Gasteiger partial charge in [0.15, 0.2) is 5.69 Å². The van der Waals surface area contributed by atoms with Crippen molar-refractivity contribution in [2.45, 2.75) is 13.1 Å². The number of H-pyrrole nitrogens is 1. The Morgan fingerprint density at radius 2 is 1.94 bits per heavy atom. The number of nitrogens with one attached hydrogen (secondary N) is 2. The van der Waals surface area contributed by atoms with Gasteiger partial charge in [0.05, 0.1) is 16.6 Å². The Morgan fingerprint density at radius 3 is 2.68 bits per heavy atom. The maximum absolute atomic E-state index is 13.0. The van der Waals surface area contributed by atoms with Gasteiger partial charge in [-0.3, -0.25) is 4.79 Å². The van der Waals surface area contributed by atoms with Gasteiger partial charge in [0.25, 0.3) is 5.91 Å². The normalized spacial score (nSPS) is 11.6. The SMILES string of the molecule is Cc1ccc(-c2nc3ccc(C(F)(F)F)cc3[nH]2)cc1NC(=O)c1ncnc(N)c1Cl. The minimum Gasteiger partial charge on any atom is -0.382 e. The molecule has 0 aliphatic rings. The second kappa shape index (κ2) is 7.55. The molecule has 0 aliphatic heterocycles. The smallest absolute Gasteiger partial charge is 0.382 e. The van der Waals surface area contributed by atoms with E-state index < -0.39 is 17.6 Å². The first kappa shape index (κ1) is 20.6. The maximum Gasteiger partial charge on any atom is 0.416 e. The molecule has 0 aliphatic carbocycles. The number of halogens is 4. The molecule has 2 aromatic carbocycles. The quantitative estimate of drug-likeness (QED) is 0.417. The van der Waals surface area contributed by atoms with Crippen molar-refractivity contribution in [1.82, 2.24) is 19.9 Å². The van der Waals surface area contributed by atoms with E-state index in [1.165, 1.54) is 6.07 Å². The van der Waals surface area contributed by atoms with Crippen molar-refractivity contribution in [3.8, 4) is 11.4 Å². The number of nitrogens with two attached hydrogens (primary N) is 1. The van der Waals surface area contributed by atoms with Crippen LogP contribution >= 0.6 is 11.6 Å². The number of aromatic amines is 1. The minimum absolute atomic E-state index is 0.0206. The van der Waals surface area contributed by atoms with Gasteiger partial charge in [-0.2, -0.15) is 13.2 Å². The number of amides is 1. The van der Waals surface area contributed by atoms with Crippen LogP contribution in [0.4, 0.5) is 24.7 Å². The Balaban J connectivity index is 1.68. The first-order valence-corrected chi connectivity index (χ1v) is 9.26. The Kier molecular flexibility index (Phi) is 5.02. The molecule has 4 N–H and O–H groups in total. The van der Waals surface area contributed by atoms with Crippen molar-refractivity contribution in [3.63, 3.8) is 0 Å². The van der Waals surface area contributed by atoms with E-state index in [0.29, 0.717) is 22.6 Å².